The van der Waals surface area contributed by atoms with E-state index in [1.54, 1.807) is 43.3 Å². The number of imide groups is 1. The van der Waals surface area contributed by atoms with Crippen LogP contribution in [0.3, 0.4) is 0 Å². The largest absolute Gasteiger partial charge is 0.462 e. The third-order valence-electron chi connectivity index (χ3n) is 4.09. The number of carbonyl (C=O) groups excluding carboxylic acids is 4. The minimum absolute atomic E-state index is 0.102. The number of ketones is 1. The number of benzene rings is 2. The van der Waals surface area contributed by atoms with Gasteiger partial charge >= 0.3 is 5.97 Å². The maximum Gasteiger partial charge on any atom is 0.341 e. The fourth-order valence-electron chi connectivity index (χ4n) is 2.79. The Bertz CT molecular complexity index is 911. The SMILES string of the molecule is CCOC(=O)C(=Cc1ccccc1)C(=O)CN1C(=O)c2ccccc2C1=O. The Hall–Kier alpha value is -3.54. The minimum atomic E-state index is -0.789. The van der Waals surface area contributed by atoms with Gasteiger partial charge in [-0.1, -0.05) is 42.5 Å². The van der Waals surface area contributed by atoms with Gasteiger partial charge < -0.3 is 4.74 Å². The Kier molecular flexibility index (Phi) is 5.26. The maximum absolute atomic E-state index is 12.7. The Morgan fingerprint density at radius 3 is 2.04 bits per heavy atom. The van der Waals surface area contributed by atoms with Crippen molar-refractivity contribution in [3.63, 3.8) is 0 Å². The van der Waals surface area contributed by atoms with Crippen molar-refractivity contribution in [2.75, 3.05) is 13.2 Å². The summed E-state index contributed by atoms with van der Waals surface area (Å²) in [4.78, 5) is 50.7. The second-order valence-electron chi connectivity index (χ2n) is 5.85. The van der Waals surface area contributed by atoms with Crippen LogP contribution in [-0.2, 0) is 14.3 Å². The molecule has 136 valence electrons. The molecule has 0 spiro atoms. The summed E-state index contributed by atoms with van der Waals surface area (Å²) in [6.07, 6.45) is 1.40. The van der Waals surface area contributed by atoms with Crippen molar-refractivity contribution in [3.05, 3.63) is 76.9 Å². The molecule has 3 rings (SSSR count). The number of hydrogen-bond acceptors (Lipinski definition) is 5. The number of hydrogen-bond donors (Lipinski definition) is 0. The van der Waals surface area contributed by atoms with Crippen molar-refractivity contribution in [1.82, 2.24) is 4.90 Å². The van der Waals surface area contributed by atoms with Crippen LogP contribution in [0.1, 0.15) is 33.2 Å². The van der Waals surface area contributed by atoms with Crippen LogP contribution in [0.4, 0.5) is 0 Å². The van der Waals surface area contributed by atoms with Gasteiger partial charge in [0, 0.05) is 0 Å². The summed E-state index contributed by atoms with van der Waals surface area (Å²) >= 11 is 0. The Balaban J connectivity index is 1.88. The highest BCUT2D eigenvalue weighted by atomic mass is 16.5. The number of fused-ring (bicyclic) bond motifs is 1. The lowest BCUT2D eigenvalue weighted by atomic mass is 10.1. The molecule has 0 atom stereocenters. The van der Waals surface area contributed by atoms with Gasteiger partial charge in [-0.25, -0.2) is 4.79 Å². The van der Waals surface area contributed by atoms with Gasteiger partial charge in [0.25, 0.3) is 11.8 Å². The van der Waals surface area contributed by atoms with Gasteiger partial charge in [-0.15, -0.1) is 0 Å². The summed E-state index contributed by atoms with van der Waals surface area (Å²) in [6, 6.07) is 15.2. The van der Waals surface area contributed by atoms with E-state index < -0.39 is 30.1 Å². The van der Waals surface area contributed by atoms with E-state index in [0.717, 1.165) is 4.90 Å². The van der Waals surface area contributed by atoms with E-state index in [2.05, 4.69) is 0 Å². The summed E-state index contributed by atoms with van der Waals surface area (Å²) < 4.78 is 4.96. The van der Waals surface area contributed by atoms with Crippen LogP contribution >= 0.6 is 0 Å². The monoisotopic (exact) mass is 363 g/mol. The third kappa shape index (κ3) is 3.69. The van der Waals surface area contributed by atoms with Crippen molar-refractivity contribution in [2.24, 2.45) is 0 Å². The third-order valence-corrected chi connectivity index (χ3v) is 4.09. The molecule has 2 amide bonds. The highest BCUT2D eigenvalue weighted by Gasteiger charge is 2.37. The molecule has 27 heavy (non-hydrogen) atoms. The van der Waals surface area contributed by atoms with Gasteiger partial charge in [0.2, 0.25) is 0 Å². The van der Waals surface area contributed by atoms with Crippen LogP contribution in [0, 0.1) is 0 Å². The van der Waals surface area contributed by atoms with Gasteiger partial charge in [0.15, 0.2) is 5.78 Å². The first kappa shape index (κ1) is 18.3. The number of carbonyl (C=O) groups is 4. The molecule has 0 saturated heterocycles. The molecule has 6 nitrogen and oxygen atoms in total. The van der Waals surface area contributed by atoms with Gasteiger partial charge in [0.1, 0.15) is 5.57 Å². The molecular weight excluding hydrogens is 346 g/mol. The zero-order valence-electron chi connectivity index (χ0n) is 14.7. The second-order valence-corrected chi connectivity index (χ2v) is 5.85. The predicted octanol–water partition coefficient (Wildman–Crippen LogP) is 2.50. The molecule has 0 radical (unpaired) electrons. The molecule has 0 saturated carbocycles. The van der Waals surface area contributed by atoms with Crippen molar-refractivity contribution < 1.29 is 23.9 Å². The van der Waals surface area contributed by atoms with E-state index >= 15 is 0 Å². The van der Waals surface area contributed by atoms with Gasteiger partial charge in [-0.05, 0) is 30.7 Å². The van der Waals surface area contributed by atoms with E-state index in [-0.39, 0.29) is 23.3 Å². The molecule has 0 fully saturated rings. The summed E-state index contributed by atoms with van der Waals surface area (Å²) in [6.45, 7) is 1.21. The molecule has 1 heterocycles. The van der Waals surface area contributed by atoms with Gasteiger partial charge in [0.05, 0.1) is 24.3 Å². The highest BCUT2D eigenvalue weighted by molar-refractivity contribution is 6.26. The fourth-order valence-corrected chi connectivity index (χ4v) is 2.79. The van der Waals surface area contributed by atoms with Gasteiger partial charge in [-0.2, -0.15) is 0 Å². The zero-order valence-corrected chi connectivity index (χ0v) is 14.7. The topological polar surface area (TPSA) is 80.8 Å². The summed E-state index contributed by atoms with van der Waals surface area (Å²) in [5.41, 5.74) is 0.927. The average Bonchev–Trinajstić information content (AvgIpc) is 2.92. The Morgan fingerprint density at radius 2 is 1.48 bits per heavy atom. The smallest absolute Gasteiger partial charge is 0.341 e. The standard InChI is InChI=1S/C21H17NO5/c1-2-27-21(26)17(12-14-8-4-3-5-9-14)18(23)13-22-19(24)15-10-6-7-11-16(15)20(22)25/h3-12H,2,13H2,1H3. The first-order valence-electron chi connectivity index (χ1n) is 8.45. The lowest BCUT2D eigenvalue weighted by molar-refractivity contribution is -0.140. The Labute approximate surface area is 156 Å². The summed E-state index contributed by atoms with van der Waals surface area (Å²) in [5, 5.41) is 0. The van der Waals surface area contributed by atoms with Crippen molar-refractivity contribution in [1.29, 1.82) is 0 Å². The number of rotatable bonds is 6. The van der Waals surface area contributed by atoms with Crippen LogP contribution in [0.15, 0.2) is 60.2 Å². The molecular formula is C21H17NO5. The lowest BCUT2D eigenvalue weighted by Crippen LogP contribution is -2.36. The highest BCUT2D eigenvalue weighted by Crippen LogP contribution is 2.23. The van der Waals surface area contributed by atoms with E-state index in [9.17, 15) is 19.2 Å². The first-order chi connectivity index (χ1) is 13.0. The van der Waals surface area contributed by atoms with E-state index in [1.165, 1.54) is 18.2 Å². The van der Waals surface area contributed by atoms with Gasteiger partial charge in [-0.3, -0.25) is 19.3 Å². The van der Waals surface area contributed by atoms with Crippen molar-refractivity contribution in [3.8, 4) is 0 Å². The normalized spacial score (nSPS) is 13.5. The number of ether oxygens (including phenoxy) is 1. The molecule has 0 aromatic heterocycles. The molecule has 0 aliphatic carbocycles. The molecule has 0 N–H and O–H groups in total. The first-order valence-corrected chi connectivity index (χ1v) is 8.45. The van der Waals surface area contributed by atoms with E-state index in [1.807, 2.05) is 6.07 Å². The number of Topliss-reactive ketones (excluding diaryl/α,β-unsaturated/α-hetero) is 1. The van der Waals surface area contributed by atoms with Crippen LogP contribution < -0.4 is 0 Å². The Morgan fingerprint density at radius 1 is 0.926 bits per heavy atom. The lowest BCUT2D eigenvalue weighted by Gasteiger charge is -2.14. The maximum atomic E-state index is 12.7. The van der Waals surface area contributed by atoms with E-state index in [4.69, 9.17) is 4.74 Å². The molecule has 0 unspecified atom stereocenters. The van der Waals surface area contributed by atoms with E-state index in [0.29, 0.717) is 5.56 Å². The zero-order chi connectivity index (χ0) is 19.4. The average molecular weight is 363 g/mol. The number of esters is 1. The minimum Gasteiger partial charge on any atom is -0.462 e. The van der Waals surface area contributed by atoms with Crippen LogP contribution in [0.25, 0.3) is 6.08 Å². The van der Waals surface area contributed by atoms with Crippen molar-refractivity contribution in [2.45, 2.75) is 6.92 Å². The van der Waals surface area contributed by atoms with Crippen LogP contribution in [-0.4, -0.2) is 41.6 Å². The fraction of sp³-hybridized carbons (Fsp3) is 0.143. The summed E-state index contributed by atoms with van der Waals surface area (Å²) in [7, 11) is 0. The molecule has 2 aromatic carbocycles. The van der Waals surface area contributed by atoms with Crippen LogP contribution in [0.2, 0.25) is 0 Å². The number of nitrogens with zero attached hydrogens (tertiary/aromatic N) is 1. The second kappa shape index (κ2) is 7.78. The molecule has 6 heteroatoms. The quantitative estimate of drug-likeness (QED) is 0.259. The number of amides is 2. The van der Waals surface area contributed by atoms with Crippen molar-refractivity contribution >= 4 is 29.6 Å². The molecule has 1 aliphatic heterocycles. The summed E-state index contributed by atoms with van der Waals surface area (Å²) in [5.74, 6) is -2.55. The predicted molar refractivity (Wildman–Crippen MR) is 97.9 cm³/mol. The van der Waals surface area contributed by atoms with Crippen LogP contribution in [0.5, 0.6) is 0 Å². The molecule has 2 aromatic rings. The molecule has 1 aliphatic rings. The molecule has 0 bridgehead atoms.